The van der Waals surface area contributed by atoms with Crippen LogP contribution in [0.4, 0.5) is 10.1 Å². The van der Waals surface area contributed by atoms with E-state index in [1.807, 2.05) is 14.0 Å². The first kappa shape index (κ1) is 12.2. The molecule has 0 amide bonds. The number of ether oxygens (including phenoxy) is 1. The van der Waals surface area contributed by atoms with Crippen molar-refractivity contribution in [3.8, 4) is 5.75 Å². The molecule has 1 saturated carbocycles. The fraction of sp³-hybridized carbons (Fsp3) is 0.400. The minimum atomic E-state index is -0.350. The number of pyridine rings is 1. The summed E-state index contributed by atoms with van der Waals surface area (Å²) in [5, 5.41) is 4.06. The summed E-state index contributed by atoms with van der Waals surface area (Å²) in [5.41, 5.74) is 2.72. The molecule has 0 saturated heterocycles. The van der Waals surface area contributed by atoms with Crippen LogP contribution < -0.4 is 10.1 Å². The van der Waals surface area contributed by atoms with Gasteiger partial charge in [-0.15, -0.1) is 0 Å². The second kappa shape index (κ2) is 4.68. The first-order chi connectivity index (χ1) is 9.22. The van der Waals surface area contributed by atoms with Crippen LogP contribution in [0.15, 0.2) is 18.2 Å². The minimum Gasteiger partial charge on any atom is -0.491 e. The van der Waals surface area contributed by atoms with Crippen LogP contribution in [0.3, 0.4) is 0 Å². The Morgan fingerprint density at radius 3 is 2.79 bits per heavy atom. The Balaban J connectivity index is 2.18. The Hall–Kier alpha value is -1.84. The third-order valence-corrected chi connectivity index (χ3v) is 3.45. The van der Waals surface area contributed by atoms with E-state index >= 15 is 0 Å². The predicted molar refractivity (Wildman–Crippen MR) is 74.4 cm³/mol. The first-order valence-electron chi connectivity index (χ1n) is 6.67. The fourth-order valence-electron chi connectivity index (χ4n) is 2.31. The quantitative estimate of drug-likeness (QED) is 0.910. The lowest BCUT2D eigenvalue weighted by atomic mass is 10.1. The van der Waals surface area contributed by atoms with Crippen molar-refractivity contribution < 1.29 is 9.13 Å². The normalized spacial score (nSPS) is 14.7. The largest absolute Gasteiger partial charge is 0.491 e. The Morgan fingerprint density at radius 2 is 2.16 bits per heavy atom. The van der Waals surface area contributed by atoms with Gasteiger partial charge in [-0.1, -0.05) is 0 Å². The molecule has 19 heavy (non-hydrogen) atoms. The molecular formula is C15H17FN2O. The zero-order valence-corrected chi connectivity index (χ0v) is 11.2. The number of halogens is 1. The molecule has 2 aromatic rings. The summed E-state index contributed by atoms with van der Waals surface area (Å²) >= 11 is 0. The number of nitrogens with one attached hydrogen (secondary N) is 1. The van der Waals surface area contributed by atoms with Crippen LogP contribution in [0.5, 0.6) is 5.75 Å². The highest BCUT2D eigenvalue weighted by atomic mass is 19.1. The Labute approximate surface area is 111 Å². The summed E-state index contributed by atoms with van der Waals surface area (Å²) in [6.07, 6.45) is 2.36. The number of rotatable bonds is 4. The second-order valence-electron chi connectivity index (χ2n) is 4.85. The molecule has 1 aromatic heterocycles. The molecule has 1 N–H and O–H groups in total. The molecule has 1 aromatic carbocycles. The number of benzene rings is 1. The molecule has 1 aliphatic rings. The van der Waals surface area contributed by atoms with Gasteiger partial charge < -0.3 is 10.1 Å². The highest BCUT2D eigenvalue weighted by molar-refractivity contribution is 5.92. The van der Waals surface area contributed by atoms with E-state index < -0.39 is 0 Å². The summed E-state index contributed by atoms with van der Waals surface area (Å²) in [5.74, 6) is 0.482. The van der Waals surface area contributed by atoms with E-state index in [2.05, 4.69) is 16.4 Å². The lowest BCUT2D eigenvalue weighted by Gasteiger charge is -2.11. The molecule has 0 unspecified atom stereocenters. The van der Waals surface area contributed by atoms with Crippen LogP contribution in [-0.4, -0.2) is 18.6 Å². The highest BCUT2D eigenvalue weighted by Gasteiger charge is 2.26. The fourth-order valence-corrected chi connectivity index (χ4v) is 2.31. The molecule has 1 aliphatic carbocycles. The molecule has 0 radical (unpaired) electrons. The number of nitrogens with zero attached hydrogens (tertiary/aromatic N) is 1. The maximum absolute atomic E-state index is 13.9. The summed E-state index contributed by atoms with van der Waals surface area (Å²) < 4.78 is 19.2. The van der Waals surface area contributed by atoms with E-state index in [1.54, 1.807) is 6.07 Å². The van der Waals surface area contributed by atoms with Gasteiger partial charge in [0.15, 0.2) is 11.6 Å². The van der Waals surface area contributed by atoms with Gasteiger partial charge in [-0.3, -0.25) is 4.98 Å². The number of hydrogen-bond acceptors (Lipinski definition) is 3. The zero-order valence-electron chi connectivity index (χ0n) is 11.2. The summed E-state index contributed by atoms with van der Waals surface area (Å²) in [6, 6.07) is 5.25. The molecule has 0 spiro atoms. The predicted octanol–water partition coefficient (Wildman–Crippen LogP) is 3.69. The van der Waals surface area contributed by atoms with Crippen LogP contribution >= 0.6 is 0 Å². The molecular weight excluding hydrogens is 243 g/mol. The molecule has 0 bridgehead atoms. The summed E-state index contributed by atoms with van der Waals surface area (Å²) in [4.78, 5) is 4.57. The Kier molecular flexibility index (Phi) is 3.01. The van der Waals surface area contributed by atoms with Crippen molar-refractivity contribution in [2.75, 3.05) is 19.0 Å². The SMILES string of the molecule is CCOc1cc2c(NC)cc(C3CC3)nc2cc1F. The average molecular weight is 260 g/mol. The zero-order chi connectivity index (χ0) is 13.4. The van der Waals surface area contributed by atoms with Crippen molar-refractivity contribution in [2.24, 2.45) is 0 Å². The minimum absolute atomic E-state index is 0.285. The monoisotopic (exact) mass is 260 g/mol. The van der Waals surface area contributed by atoms with Crippen LogP contribution in [-0.2, 0) is 0 Å². The van der Waals surface area contributed by atoms with Crippen molar-refractivity contribution in [2.45, 2.75) is 25.7 Å². The van der Waals surface area contributed by atoms with Gasteiger partial charge >= 0.3 is 0 Å². The lowest BCUT2D eigenvalue weighted by Crippen LogP contribution is -1.99. The smallest absolute Gasteiger partial charge is 0.167 e. The standard InChI is InChI=1S/C15H17FN2O/c1-3-19-15-6-10-13(17-2)8-12(9-4-5-9)18-14(10)7-11(15)16/h6-9H,3-5H2,1-2H3,(H,17,18). The highest BCUT2D eigenvalue weighted by Crippen LogP contribution is 2.41. The van der Waals surface area contributed by atoms with E-state index in [1.165, 1.54) is 18.9 Å². The molecule has 100 valence electrons. The number of hydrogen-bond donors (Lipinski definition) is 1. The number of fused-ring (bicyclic) bond motifs is 1. The van der Waals surface area contributed by atoms with Gasteiger partial charge in [0.1, 0.15) is 0 Å². The molecule has 4 heteroatoms. The van der Waals surface area contributed by atoms with E-state index in [0.29, 0.717) is 18.0 Å². The van der Waals surface area contributed by atoms with Crippen molar-refractivity contribution in [3.05, 3.63) is 29.7 Å². The van der Waals surface area contributed by atoms with Crippen molar-refractivity contribution in [1.29, 1.82) is 0 Å². The molecule has 3 rings (SSSR count). The topological polar surface area (TPSA) is 34.1 Å². The van der Waals surface area contributed by atoms with E-state index in [4.69, 9.17) is 4.74 Å². The Bertz CT molecular complexity index is 623. The Morgan fingerprint density at radius 1 is 1.37 bits per heavy atom. The molecule has 0 atom stereocenters. The third-order valence-electron chi connectivity index (χ3n) is 3.45. The molecule has 0 aliphatic heterocycles. The molecule has 3 nitrogen and oxygen atoms in total. The van der Waals surface area contributed by atoms with E-state index in [9.17, 15) is 4.39 Å². The number of aromatic nitrogens is 1. The van der Waals surface area contributed by atoms with Gasteiger partial charge in [0.05, 0.1) is 12.1 Å². The van der Waals surface area contributed by atoms with Crippen molar-refractivity contribution in [3.63, 3.8) is 0 Å². The van der Waals surface area contributed by atoms with Crippen LogP contribution in [0.2, 0.25) is 0 Å². The summed E-state index contributed by atoms with van der Waals surface area (Å²) in [7, 11) is 1.87. The van der Waals surface area contributed by atoms with Gasteiger partial charge in [0.25, 0.3) is 0 Å². The molecule has 1 fully saturated rings. The second-order valence-corrected chi connectivity index (χ2v) is 4.85. The third kappa shape index (κ3) is 2.23. The van der Waals surface area contributed by atoms with Crippen molar-refractivity contribution >= 4 is 16.6 Å². The van der Waals surface area contributed by atoms with Crippen LogP contribution in [0.25, 0.3) is 10.9 Å². The maximum Gasteiger partial charge on any atom is 0.167 e. The first-order valence-corrected chi connectivity index (χ1v) is 6.67. The van der Waals surface area contributed by atoms with Gasteiger partial charge in [-0.05, 0) is 31.9 Å². The maximum atomic E-state index is 13.9. The average Bonchev–Trinajstić information content (AvgIpc) is 3.23. The lowest BCUT2D eigenvalue weighted by molar-refractivity contribution is 0.322. The van der Waals surface area contributed by atoms with Gasteiger partial charge in [0, 0.05) is 35.8 Å². The van der Waals surface area contributed by atoms with E-state index in [0.717, 1.165) is 16.8 Å². The molecule has 1 heterocycles. The number of anilines is 1. The van der Waals surface area contributed by atoms with E-state index in [-0.39, 0.29) is 11.6 Å². The van der Waals surface area contributed by atoms with Crippen LogP contribution in [0.1, 0.15) is 31.4 Å². The summed E-state index contributed by atoms with van der Waals surface area (Å²) in [6.45, 7) is 2.29. The van der Waals surface area contributed by atoms with Gasteiger partial charge in [-0.25, -0.2) is 4.39 Å². The van der Waals surface area contributed by atoms with Crippen LogP contribution in [0, 0.1) is 5.82 Å². The van der Waals surface area contributed by atoms with Gasteiger partial charge in [-0.2, -0.15) is 0 Å². The van der Waals surface area contributed by atoms with Crippen molar-refractivity contribution in [1.82, 2.24) is 4.98 Å². The van der Waals surface area contributed by atoms with Gasteiger partial charge in [0.2, 0.25) is 0 Å².